The molecule has 1 atom stereocenters. The molecular weight excluding hydrogens is 374 g/mol. The van der Waals surface area contributed by atoms with Gasteiger partial charge in [-0.2, -0.15) is 0 Å². The van der Waals surface area contributed by atoms with Crippen molar-refractivity contribution in [3.8, 4) is 11.5 Å². The van der Waals surface area contributed by atoms with Gasteiger partial charge in [-0.1, -0.05) is 32.4 Å². The van der Waals surface area contributed by atoms with Crippen LogP contribution in [0.2, 0.25) is 0 Å². The highest BCUT2D eigenvalue weighted by Gasteiger charge is 2.13. The second-order valence-electron chi connectivity index (χ2n) is 7.77. The van der Waals surface area contributed by atoms with Crippen LogP contribution in [0.4, 0.5) is 11.5 Å². The molecule has 0 aliphatic carbocycles. The van der Waals surface area contributed by atoms with Gasteiger partial charge in [-0.15, -0.1) is 0 Å². The highest BCUT2D eigenvalue weighted by molar-refractivity contribution is 6.07. The molecule has 3 N–H and O–H groups in total. The standard InChI is InChI=1S/C25H29N3O2/c1-5-16(2)14-19-6-10-21(11-7-19)30-22-12-8-20(9-13-22)28-25(29)23-15-17(3)18(4)27-24(23)26/h6-13,15-16H,5,14H2,1-4H3,(H2,26,27)(H,28,29). The summed E-state index contributed by atoms with van der Waals surface area (Å²) in [4.78, 5) is 16.8. The third-order valence-corrected chi connectivity index (χ3v) is 5.29. The quantitative estimate of drug-likeness (QED) is 0.514. The number of ether oxygens (including phenoxy) is 1. The Kier molecular flexibility index (Phi) is 6.72. The summed E-state index contributed by atoms with van der Waals surface area (Å²) in [6, 6.07) is 17.2. The molecule has 5 heteroatoms. The molecule has 1 aromatic heterocycles. The lowest BCUT2D eigenvalue weighted by molar-refractivity contribution is 0.102. The van der Waals surface area contributed by atoms with E-state index >= 15 is 0 Å². The van der Waals surface area contributed by atoms with E-state index in [1.165, 1.54) is 12.0 Å². The molecule has 0 saturated carbocycles. The van der Waals surface area contributed by atoms with Gasteiger partial charge in [0.05, 0.1) is 5.56 Å². The molecule has 0 fully saturated rings. The number of rotatable bonds is 7. The smallest absolute Gasteiger partial charge is 0.259 e. The Bertz CT molecular complexity index is 1010. The Morgan fingerprint density at radius 1 is 1.07 bits per heavy atom. The van der Waals surface area contributed by atoms with Gasteiger partial charge in [0.15, 0.2) is 0 Å². The fourth-order valence-electron chi connectivity index (χ4n) is 3.09. The summed E-state index contributed by atoms with van der Waals surface area (Å²) in [6.45, 7) is 8.24. The van der Waals surface area contributed by atoms with Gasteiger partial charge < -0.3 is 15.8 Å². The number of amides is 1. The third-order valence-electron chi connectivity index (χ3n) is 5.29. The fourth-order valence-corrected chi connectivity index (χ4v) is 3.09. The Labute approximate surface area is 178 Å². The molecule has 2 aromatic carbocycles. The van der Waals surface area contributed by atoms with Crippen molar-refractivity contribution in [2.24, 2.45) is 5.92 Å². The number of nitrogens with zero attached hydrogens (tertiary/aromatic N) is 1. The van der Waals surface area contributed by atoms with Crippen LogP contribution >= 0.6 is 0 Å². The van der Waals surface area contributed by atoms with Crippen LogP contribution in [0, 0.1) is 19.8 Å². The van der Waals surface area contributed by atoms with E-state index in [0.29, 0.717) is 22.9 Å². The first-order valence-corrected chi connectivity index (χ1v) is 10.3. The number of anilines is 2. The lowest BCUT2D eigenvalue weighted by atomic mass is 9.99. The normalized spacial score (nSPS) is 11.7. The molecule has 0 saturated heterocycles. The molecule has 0 aliphatic heterocycles. The number of nitrogens with two attached hydrogens (primary N) is 1. The van der Waals surface area contributed by atoms with Crippen molar-refractivity contribution < 1.29 is 9.53 Å². The molecule has 30 heavy (non-hydrogen) atoms. The molecule has 0 radical (unpaired) electrons. The van der Waals surface area contributed by atoms with Crippen molar-refractivity contribution in [1.82, 2.24) is 4.98 Å². The zero-order valence-electron chi connectivity index (χ0n) is 18.0. The SMILES string of the molecule is CCC(C)Cc1ccc(Oc2ccc(NC(=O)c3cc(C)c(C)nc3N)cc2)cc1. The number of hydrogen-bond donors (Lipinski definition) is 2. The van der Waals surface area contributed by atoms with Gasteiger partial charge in [0.2, 0.25) is 0 Å². The predicted octanol–water partition coefficient (Wildman–Crippen LogP) is 5.91. The Morgan fingerprint density at radius 3 is 2.27 bits per heavy atom. The van der Waals surface area contributed by atoms with Crippen molar-refractivity contribution in [3.05, 3.63) is 77.0 Å². The summed E-state index contributed by atoms with van der Waals surface area (Å²) in [5, 5.41) is 2.85. The van der Waals surface area contributed by atoms with Gasteiger partial charge in [0.1, 0.15) is 17.3 Å². The number of pyridine rings is 1. The molecule has 156 valence electrons. The highest BCUT2D eigenvalue weighted by atomic mass is 16.5. The first-order valence-electron chi connectivity index (χ1n) is 10.3. The van der Waals surface area contributed by atoms with Gasteiger partial charge in [-0.25, -0.2) is 4.98 Å². The van der Waals surface area contributed by atoms with Gasteiger partial charge in [0.25, 0.3) is 5.91 Å². The Hall–Kier alpha value is -3.34. The number of carbonyl (C=O) groups excluding carboxylic acids is 1. The fraction of sp³-hybridized carbons (Fsp3) is 0.280. The van der Waals surface area contributed by atoms with Crippen molar-refractivity contribution in [3.63, 3.8) is 0 Å². The molecule has 1 unspecified atom stereocenters. The molecule has 3 rings (SSSR count). The van der Waals surface area contributed by atoms with Crippen molar-refractivity contribution in [2.45, 2.75) is 40.5 Å². The monoisotopic (exact) mass is 403 g/mol. The van der Waals surface area contributed by atoms with Crippen LogP contribution in [0.5, 0.6) is 11.5 Å². The number of carbonyl (C=O) groups is 1. The summed E-state index contributed by atoms with van der Waals surface area (Å²) in [7, 11) is 0. The van der Waals surface area contributed by atoms with E-state index in [-0.39, 0.29) is 11.7 Å². The van der Waals surface area contributed by atoms with Crippen molar-refractivity contribution in [1.29, 1.82) is 0 Å². The molecule has 0 spiro atoms. The minimum atomic E-state index is -0.284. The largest absolute Gasteiger partial charge is 0.457 e. The van der Waals surface area contributed by atoms with E-state index in [0.717, 1.165) is 23.4 Å². The first-order chi connectivity index (χ1) is 14.4. The minimum absolute atomic E-state index is 0.229. The van der Waals surface area contributed by atoms with Gasteiger partial charge in [0, 0.05) is 11.4 Å². The maximum Gasteiger partial charge on any atom is 0.259 e. The van der Waals surface area contributed by atoms with E-state index in [9.17, 15) is 4.79 Å². The van der Waals surface area contributed by atoms with E-state index < -0.39 is 0 Å². The van der Waals surface area contributed by atoms with Crippen LogP contribution in [0.1, 0.15) is 47.4 Å². The molecule has 3 aromatic rings. The highest BCUT2D eigenvalue weighted by Crippen LogP contribution is 2.25. The summed E-state index contributed by atoms with van der Waals surface area (Å²) < 4.78 is 5.91. The maximum atomic E-state index is 12.5. The van der Waals surface area contributed by atoms with Crippen LogP contribution in [0.25, 0.3) is 0 Å². The zero-order chi connectivity index (χ0) is 21.7. The van der Waals surface area contributed by atoms with Crippen LogP contribution in [0.3, 0.4) is 0 Å². The number of aryl methyl sites for hydroxylation is 2. The third kappa shape index (κ3) is 5.38. The topological polar surface area (TPSA) is 77.2 Å². The molecule has 1 heterocycles. The van der Waals surface area contributed by atoms with Crippen molar-refractivity contribution in [2.75, 3.05) is 11.1 Å². The predicted molar refractivity (Wildman–Crippen MR) is 122 cm³/mol. The van der Waals surface area contributed by atoms with Gasteiger partial charge >= 0.3 is 0 Å². The van der Waals surface area contributed by atoms with E-state index in [1.807, 2.05) is 38.1 Å². The summed E-state index contributed by atoms with van der Waals surface area (Å²) >= 11 is 0. The number of benzene rings is 2. The number of hydrogen-bond acceptors (Lipinski definition) is 4. The maximum absolute atomic E-state index is 12.5. The zero-order valence-corrected chi connectivity index (χ0v) is 18.0. The van der Waals surface area contributed by atoms with Gasteiger partial charge in [-0.3, -0.25) is 4.79 Å². The number of nitrogen functional groups attached to an aromatic ring is 1. The van der Waals surface area contributed by atoms with Crippen LogP contribution in [-0.4, -0.2) is 10.9 Å². The minimum Gasteiger partial charge on any atom is -0.457 e. The van der Waals surface area contributed by atoms with E-state index in [4.69, 9.17) is 10.5 Å². The van der Waals surface area contributed by atoms with Crippen LogP contribution < -0.4 is 15.8 Å². The summed E-state index contributed by atoms with van der Waals surface area (Å²) in [6.07, 6.45) is 2.25. The molecule has 0 aliphatic rings. The molecule has 0 bridgehead atoms. The van der Waals surface area contributed by atoms with Gasteiger partial charge in [-0.05, 0) is 79.8 Å². The lowest BCUT2D eigenvalue weighted by Gasteiger charge is -2.11. The van der Waals surface area contributed by atoms with Crippen molar-refractivity contribution >= 4 is 17.4 Å². The Morgan fingerprint density at radius 2 is 1.67 bits per heavy atom. The second-order valence-corrected chi connectivity index (χ2v) is 7.77. The summed E-state index contributed by atoms with van der Waals surface area (Å²) in [5.74, 6) is 2.11. The van der Waals surface area contributed by atoms with E-state index in [2.05, 4.69) is 36.3 Å². The van der Waals surface area contributed by atoms with Crippen LogP contribution in [0.15, 0.2) is 54.6 Å². The summed E-state index contributed by atoms with van der Waals surface area (Å²) in [5.41, 5.74) is 10.00. The molecule has 1 amide bonds. The first kappa shape index (κ1) is 21.4. The number of aromatic nitrogens is 1. The molecule has 5 nitrogen and oxygen atoms in total. The second kappa shape index (κ2) is 9.44. The van der Waals surface area contributed by atoms with Crippen LogP contribution in [-0.2, 0) is 6.42 Å². The Balaban J connectivity index is 1.62. The lowest BCUT2D eigenvalue weighted by Crippen LogP contribution is -2.15. The average molecular weight is 404 g/mol. The average Bonchev–Trinajstić information content (AvgIpc) is 2.73. The molecular formula is C25H29N3O2. The number of nitrogens with one attached hydrogen (secondary N) is 1. The van der Waals surface area contributed by atoms with E-state index in [1.54, 1.807) is 18.2 Å².